The fraction of sp³-hybridized carbons (Fsp3) is 0.467. The van der Waals surface area contributed by atoms with Crippen LogP contribution in [0.25, 0.3) is 11.4 Å². The molecule has 104 valence electrons. The van der Waals surface area contributed by atoms with Gasteiger partial charge < -0.3 is 10.1 Å². The Bertz CT molecular complexity index is 594. The predicted octanol–water partition coefficient (Wildman–Crippen LogP) is 3.33. The summed E-state index contributed by atoms with van der Waals surface area (Å²) < 4.78 is 5.95. The van der Waals surface area contributed by atoms with Crippen LogP contribution in [0, 0.1) is 0 Å². The van der Waals surface area contributed by atoms with Crippen molar-refractivity contribution in [2.75, 3.05) is 11.9 Å². The molecule has 0 bridgehead atoms. The lowest BCUT2D eigenvalue weighted by Gasteiger charge is -2.37. The van der Waals surface area contributed by atoms with Crippen LogP contribution in [-0.2, 0) is 4.74 Å². The van der Waals surface area contributed by atoms with E-state index >= 15 is 0 Å². The van der Waals surface area contributed by atoms with Crippen molar-refractivity contribution >= 4 is 16.5 Å². The number of pyridine rings is 1. The van der Waals surface area contributed by atoms with Gasteiger partial charge in [-0.05, 0) is 37.8 Å². The van der Waals surface area contributed by atoms with Crippen molar-refractivity contribution in [2.45, 2.75) is 37.3 Å². The summed E-state index contributed by atoms with van der Waals surface area (Å²) in [6.07, 6.45) is 6.68. The summed E-state index contributed by atoms with van der Waals surface area (Å²) >= 11 is 1.64. The highest BCUT2D eigenvalue weighted by Gasteiger charge is 2.45. The van der Waals surface area contributed by atoms with Gasteiger partial charge in [-0.1, -0.05) is 6.07 Å². The molecule has 2 fully saturated rings. The summed E-state index contributed by atoms with van der Waals surface area (Å²) in [6, 6.07) is 6.29. The molecule has 2 aliphatic rings. The second-order valence-electron chi connectivity index (χ2n) is 5.65. The Hall–Kier alpha value is -1.46. The van der Waals surface area contributed by atoms with Crippen molar-refractivity contribution in [1.29, 1.82) is 0 Å². The highest BCUT2D eigenvalue weighted by Crippen LogP contribution is 2.44. The molecule has 1 unspecified atom stereocenters. The van der Waals surface area contributed by atoms with Crippen LogP contribution in [0.1, 0.15) is 25.7 Å². The Balaban J connectivity index is 1.44. The molecule has 1 saturated heterocycles. The third kappa shape index (κ3) is 2.21. The first-order valence-corrected chi connectivity index (χ1v) is 7.98. The van der Waals surface area contributed by atoms with Crippen LogP contribution in [0.3, 0.4) is 0 Å². The molecule has 1 atom stereocenters. The van der Waals surface area contributed by atoms with Crippen molar-refractivity contribution in [2.24, 2.45) is 0 Å². The van der Waals surface area contributed by atoms with Crippen LogP contribution in [-0.4, -0.2) is 28.2 Å². The monoisotopic (exact) mass is 287 g/mol. The lowest BCUT2D eigenvalue weighted by molar-refractivity contribution is -0.0562. The predicted molar refractivity (Wildman–Crippen MR) is 79.9 cm³/mol. The topological polar surface area (TPSA) is 47.0 Å². The van der Waals surface area contributed by atoms with Gasteiger partial charge in [-0.15, -0.1) is 11.3 Å². The molecule has 5 heteroatoms. The van der Waals surface area contributed by atoms with Crippen LogP contribution in [0.5, 0.6) is 0 Å². The van der Waals surface area contributed by atoms with E-state index in [1.807, 2.05) is 18.2 Å². The van der Waals surface area contributed by atoms with E-state index < -0.39 is 0 Å². The molecule has 0 amide bonds. The number of anilines is 1. The SMILES string of the molecule is c1ccc(-c2csc(NC3COC4(CCC4)C3)n2)nc1. The Morgan fingerprint density at radius 2 is 2.25 bits per heavy atom. The summed E-state index contributed by atoms with van der Waals surface area (Å²) in [5.41, 5.74) is 2.06. The molecular weight excluding hydrogens is 270 g/mol. The molecular formula is C15H17N3OS. The first-order chi connectivity index (χ1) is 9.83. The summed E-state index contributed by atoms with van der Waals surface area (Å²) in [4.78, 5) is 8.96. The fourth-order valence-corrected chi connectivity index (χ4v) is 3.79. The molecule has 4 rings (SSSR count). The van der Waals surface area contributed by atoms with Gasteiger partial charge in [-0.25, -0.2) is 4.98 Å². The van der Waals surface area contributed by atoms with Crippen LogP contribution < -0.4 is 5.32 Å². The van der Waals surface area contributed by atoms with E-state index in [9.17, 15) is 0 Å². The average Bonchev–Trinajstić information content (AvgIpc) is 3.07. The fourth-order valence-electron chi connectivity index (χ4n) is 3.00. The maximum absolute atomic E-state index is 5.95. The number of hydrogen-bond acceptors (Lipinski definition) is 5. The molecule has 0 radical (unpaired) electrons. The summed E-state index contributed by atoms with van der Waals surface area (Å²) in [6.45, 7) is 0.804. The largest absolute Gasteiger partial charge is 0.373 e. The van der Waals surface area contributed by atoms with E-state index in [0.717, 1.165) is 29.5 Å². The number of thiazole rings is 1. The lowest BCUT2D eigenvalue weighted by atomic mass is 9.77. The second-order valence-corrected chi connectivity index (χ2v) is 6.50. The molecule has 0 aromatic carbocycles. The van der Waals surface area contributed by atoms with Crippen LogP contribution in [0.15, 0.2) is 29.8 Å². The van der Waals surface area contributed by atoms with Crippen molar-refractivity contribution < 1.29 is 4.74 Å². The van der Waals surface area contributed by atoms with Crippen LogP contribution >= 0.6 is 11.3 Å². The maximum atomic E-state index is 5.95. The summed E-state index contributed by atoms with van der Waals surface area (Å²) in [5.74, 6) is 0. The zero-order valence-corrected chi connectivity index (χ0v) is 12.0. The van der Waals surface area contributed by atoms with Gasteiger partial charge in [0.2, 0.25) is 0 Å². The Labute approximate surface area is 122 Å². The van der Waals surface area contributed by atoms with E-state index in [-0.39, 0.29) is 5.60 Å². The normalized spacial score (nSPS) is 23.7. The minimum absolute atomic E-state index is 0.193. The second kappa shape index (κ2) is 4.82. The van der Waals surface area contributed by atoms with Crippen molar-refractivity contribution in [1.82, 2.24) is 9.97 Å². The molecule has 1 saturated carbocycles. The third-order valence-electron chi connectivity index (χ3n) is 4.23. The minimum Gasteiger partial charge on any atom is -0.373 e. The van der Waals surface area contributed by atoms with Gasteiger partial charge in [-0.2, -0.15) is 0 Å². The van der Waals surface area contributed by atoms with Gasteiger partial charge in [-0.3, -0.25) is 4.98 Å². The molecule has 1 aliphatic heterocycles. The molecule has 20 heavy (non-hydrogen) atoms. The summed E-state index contributed by atoms with van der Waals surface area (Å²) in [7, 11) is 0. The zero-order chi connectivity index (χ0) is 13.4. The van der Waals surface area contributed by atoms with E-state index in [1.165, 1.54) is 19.3 Å². The smallest absolute Gasteiger partial charge is 0.183 e. The van der Waals surface area contributed by atoms with Gasteiger partial charge in [0.25, 0.3) is 0 Å². The molecule has 3 heterocycles. The number of nitrogens with zero attached hydrogens (tertiary/aromatic N) is 2. The molecule has 2 aromatic rings. The average molecular weight is 287 g/mol. The van der Waals surface area contributed by atoms with Crippen LogP contribution in [0.2, 0.25) is 0 Å². The molecule has 4 nitrogen and oxygen atoms in total. The van der Waals surface area contributed by atoms with Crippen molar-refractivity contribution in [3.63, 3.8) is 0 Å². The third-order valence-corrected chi connectivity index (χ3v) is 5.01. The van der Waals surface area contributed by atoms with E-state index in [4.69, 9.17) is 4.74 Å². The first kappa shape index (κ1) is 12.3. The van der Waals surface area contributed by atoms with Crippen molar-refractivity contribution in [3.8, 4) is 11.4 Å². The molecule has 1 N–H and O–H groups in total. The van der Waals surface area contributed by atoms with Gasteiger partial charge in [0.05, 0.1) is 23.9 Å². The highest BCUT2D eigenvalue weighted by molar-refractivity contribution is 7.14. The van der Waals surface area contributed by atoms with Gasteiger partial charge in [0.1, 0.15) is 5.69 Å². The maximum Gasteiger partial charge on any atom is 0.183 e. The van der Waals surface area contributed by atoms with Gasteiger partial charge in [0, 0.05) is 11.6 Å². The Kier molecular flexibility index (Phi) is 2.97. The number of aromatic nitrogens is 2. The van der Waals surface area contributed by atoms with Crippen LogP contribution in [0.4, 0.5) is 5.13 Å². The molecule has 2 aromatic heterocycles. The number of hydrogen-bond donors (Lipinski definition) is 1. The van der Waals surface area contributed by atoms with E-state index in [2.05, 4.69) is 20.7 Å². The van der Waals surface area contributed by atoms with E-state index in [0.29, 0.717) is 6.04 Å². The number of rotatable bonds is 3. The Morgan fingerprint density at radius 1 is 1.30 bits per heavy atom. The Morgan fingerprint density at radius 3 is 2.95 bits per heavy atom. The van der Waals surface area contributed by atoms with Gasteiger partial charge >= 0.3 is 0 Å². The quantitative estimate of drug-likeness (QED) is 0.940. The minimum atomic E-state index is 0.193. The molecule has 1 aliphatic carbocycles. The lowest BCUT2D eigenvalue weighted by Crippen LogP contribution is -2.36. The molecule has 1 spiro atoms. The highest BCUT2D eigenvalue weighted by atomic mass is 32.1. The summed E-state index contributed by atoms with van der Waals surface area (Å²) in [5, 5.41) is 6.53. The first-order valence-electron chi connectivity index (χ1n) is 7.10. The zero-order valence-electron chi connectivity index (χ0n) is 11.2. The standard InChI is InChI=1S/C15H17N3OS/c1-2-7-16-12(4-1)13-10-20-14(18-13)17-11-8-15(19-9-11)5-3-6-15/h1-2,4,7,10-11H,3,5-6,8-9H2,(H,17,18). The van der Waals surface area contributed by atoms with Gasteiger partial charge in [0.15, 0.2) is 5.13 Å². The van der Waals surface area contributed by atoms with Crippen molar-refractivity contribution in [3.05, 3.63) is 29.8 Å². The number of ether oxygens (including phenoxy) is 1. The number of nitrogens with one attached hydrogen (secondary N) is 1. The van der Waals surface area contributed by atoms with E-state index in [1.54, 1.807) is 17.5 Å².